The molecule has 2 aliphatic rings. The first-order chi connectivity index (χ1) is 18.0. The van der Waals surface area contributed by atoms with Gasteiger partial charge in [0.2, 0.25) is 5.91 Å². The minimum Gasteiger partial charge on any atom is -0.492 e. The van der Waals surface area contributed by atoms with Gasteiger partial charge < -0.3 is 9.64 Å². The van der Waals surface area contributed by atoms with Crippen molar-refractivity contribution in [2.45, 2.75) is 32.1 Å². The summed E-state index contributed by atoms with van der Waals surface area (Å²) in [5.74, 6) is 1.18. The van der Waals surface area contributed by atoms with Crippen LogP contribution >= 0.6 is 11.3 Å². The van der Waals surface area contributed by atoms with Gasteiger partial charge >= 0.3 is 0 Å². The SMILES string of the molecule is CN(Cc1cccc(OCCN2CCN(C(=O)[C@H]3Cc4ccccc4CN3C)CC2)c1)Cc1cscn1. The first kappa shape index (κ1) is 25.9. The molecule has 1 saturated heterocycles. The molecule has 0 spiro atoms. The van der Waals surface area contributed by atoms with Crippen LogP contribution < -0.4 is 4.74 Å². The van der Waals surface area contributed by atoms with Crippen LogP contribution in [0.1, 0.15) is 22.4 Å². The van der Waals surface area contributed by atoms with Gasteiger partial charge in [-0.15, -0.1) is 11.3 Å². The number of aromatic nitrogens is 1. The molecule has 37 heavy (non-hydrogen) atoms. The fourth-order valence-electron chi connectivity index (χ4n) is 5.32. The molecule has 1 atom stereocenters. The van der Waals surface area contributed by atoms with Crippen molar-refractivity contribution in [2.24, 2.45) is 0 Å². The van der Waals surface area contributed by atoms with Crippen molar-refractivity contribution in [3.05, 3.63) is 81.8 Å². The van der Waals surface area contributed by atoms with Crippen molar-refractivity contribution < 1.29 is 9.53 Å². The fraction of sp³-hybridized carbons (Fsp3) is 0.448. The summed E-state index contributed by atoms with van der Waals surface area (Å²) in [6.07, 6.45) is 0.805. The third-order valence-electron chi connectivity index (χ3n) is 7.40. The zero-order chi connectivity index (χ0) is 25.6. The highest BCUT2D eigenvalue weighted by Crippen LogP contribution is 2.23. The van der Waals surface area contributed by atoms with Gasteiger partial charge in [0.1, 0.15) is 12.4 Å². The van der Waals surface area contributed by atoms with Gasteiger partial charge in [-0.3, -0.25) is 19.5 Å². The molecule has 3 heterocycles. The molecule has 2 aliphatic heterocycles. The maximum absolute atomic E-state index is 13.3. The minimum absolute atomic E-state index is 0.0578. The number of carbonyl (C=O) groups is 1. The number of fused-ring (bicyclic) bond motifs is 1. The van der Waals surface area contributed by atoms with Gasteiger partial charge in [-0.25, -0.2) is 4.98 Å². The summed E-state index contributed by atoms with van der Waals surface area (Å²) in [4.78, 5) is 26.6. The van der Waals surface area contributed by atoms with E-state index in [4.69, 9.17) is 4.74 Å². The number of benzene rings is 2. The third kappa shape index (κ3) is 6.76. The average Bonchev–Trinajstić information content (AvgIpc) is 3.41. The summed E-state index contributed by atoms with van der Waals surface area (Å²) < 4.78 is 6.10. The molecule has 1 aromatic heterocycles. The van der Waals surface area contributed by atoms with E-state index in [-0.39, 0.29) is 11.9 Å². The smallest absolute Gasteiger partial charge is 0.240 e. The van der Waals surface area contributed by atoms with Gasteiger partial charge in [0, 0.05) is 57.7 Å². The van der Waals surface area contributed by atoms with E-state index in [0.717, 1.165) is 70.2 Å². The Balaban J connectivity index is 1.04. The predicted octanol–water partition coefficient (Wildman–Crippen LogP) is 3.35. The van der Waals surface area contributed by atoms with Crippen LogP contribution in [0.2, 0.25) is 0 Å². The molecule has 0 saturated carbocycles. The lowest BCUT2D eigenvalue weighted by Crippen LogP contribution is -2.56. The highest BCUT2D eigenvalue weighted by Gasteiger charge is 2.33. The zero-order valence-electron chi connectivity index (χ0n) is 21.9. The summed E-state index contributed by atoms with van der Waals surface area (Å²) in [5.41, 5.74) is 6.87. The quantitative estimate of drug-likeness (QED) is 0.432. The van der Waals surface area contributed by atoms with Crippen molar-refractivity contribution in [3.8, 4) is 5.75 Å². The number of ether oxygens (including phenoxy) is 1. The molecular weight excluding hydrogens is 482 g/mol. The van der Waals surface area contributed by atoms with Gasteiger partial charge in [-0.1, -0.05) is 36.4 Å². The van der Waals surface area contributed by atoms with Crippen molar-refractivity contribution in [3.63, 3.8) is 0 Å². The molecule has 1 amide bonds. The normalized spacial score (nSPS) is 18.7. The minimum atomic E-state index is -0.0578. The van der Waals surface area contributed by atoms with Gasteiger partial charge in [0.25, 0.3) is 0 Å². The first-order valence-corrected chi connectivity index (χ1v) is 14.0. The van der Waals surface area contributed by atoms with E-state index < -0.39 is 0 Å². The van der Waals surface area contributed by atoms with Crippen LogP contribution in [-0.4, -0.2) is 90.0 Å². The molecule has 0 N–H and O–H groups in total. The maximum Gasteiger partial charge on any atom is 0.240 e. The van der Waals surface area contributed by atoms with Crippen molar-refractivity contribution >= 4 is 17.2 Å². The van der Waals surface area contributed by atoms with Gasteiger partial charge in [-0.05, 0) is 49.3 Å². The predicted molar refractivity (Wildman–Crippen MR) is 148 cm³/mol. The molecule has 0 bridgehead atoms. The number of amides is 1. The number of thiazole rings is 1. The Hall–Kier alpha value is -2.78. The highest BCUT2D eigenvalue weighted by atomic mass is 32.1. The number of carbonyl (C=O) groups excluding carboxylic acids is 1. The number of rotatable bonds is 9. The Morgan fingerprint density at radius 2 is 1.89 bits per heavy atom. The van der Waals surface area contributed by atoms with Crippen LogP contribution in [0, 0.1) is 0 Å². The lowest BCUT2D eigenvalue weighted by Gasteiger charge is -2.40. The Labute approximate surface area is 224 Å². The van der Waals surface area contributed by atoms with E-state index in [2.05, 4.69) is 86.5 Å². The third-order valence-corrected chi connectivity index (χ3v) is 8.03. The van der Waals surface area contributed by atoms with Crippen LogP contribution in [0.25, 0.3) is 0 Å². The summed E-state index contributed by atoms with van der Waals surface area (Å²) in [7, 11) is 4.18. The summed E-state index contributed by atoms with van der Waals surface area (Å²) in [6.45, 7) is 7.40. The number of hydrogen-bond donors (Lipinski definition) is 0. The van der Waals surface area contributed by atoms with E-state index in [1.807, 2.05) is 11.6 Å². The lowest BCUT2D eigenvalue weighted by molar-refractivity contribution is -0.138. The number of piperazine rings is 1. The number of likely N-dealkylation sites (N-methyl/N-ethyl adjacent to an activating group) is 1. The monoisotopic (exact) mass is 519 g/mol. The Bertz CT molecular complexity index is 1160. The zero-order valence-corrected chi connectivity index (χ0v) is 22.7. The topological polar surface area (TPSA) is 52.2 Å². The van der Waals surface area contributed by atoms with Gasteiger partial charge in [0.15, 0.2) is 0 Å². The fourth-order valence-corrected chi connectivity index (χ4v) is 5.87. The molecule has 8 heteroatoms. The molecule has 3 aromatic rings. The Kier molecular flexibility index (Phi) is 8.51. The van der Waals surface area contributed by atoms with E-state index in [1.54, 1.807) is 11.3 Å². The van der Waals surface area contributed by atoms with Crippen LogP contribution in [0.3, 0.4) is 0 Å². The van der Waals surface area contributed by atoms with E-state index in [9.17, 15) is 4.79 Å². The standard InChI is InChI=1S/C29H37N5O2S/c1-31(20-26-21-37-22-30-26)18-23-6-5-9-27(16-23)36-15-14-33-10-12-34(13-11-33)29(35)28-17-24-7-3-4-8-25(24)19-32(28)2/h3-9,16,21-22,28H,10-15,17-20H2,1-2H3/t28-/m1/s1. The van der Waals surface area contributed by atoms with Crippen LogP contribution in [0.4, 0.5) is 0 Å². The number of nitrogens with zero attached hydrogens (tertiary/aromatic N) is 5. The summed E-state index contributed by atoms with van der Waals surface area (Å²) in [6, 6.07) is 16.8. The summed E-state index contributed by atoms with van der Waals surface area (Å²) in [5, 5.41) is 2.10. The van der Waals surface area contributed by atoms with E-state index in [0.29, 0.717) is 6.61 Å². The van der Waals surface area contributed by atoms with Crippen molar-refractivity contribution in [2.75, 3.05) is 53.4 Å². The molecule has 0 aliphatic carbocycles. The second-order valence-corrected chi connectivity index (χ2v) is 10.9. The first-order valence-electron chi connectivity index (χ1n) is 13.1. The summed E-state index contributed by atoms with van der Waals surface area (Å²) >= 11 is 1.63. The number of hydrogen-bond acceptors (Lipinski definition) is 7. The van der Waals surface area contributed by atoms with Crippen LogP contribution in [0.15, 0.2) is 59.4 Å². The molecule has 196 valence electrons. The molecule has 1 fully saturated rings. The maximum atomic E-state index is 13.3. The molecule has 0 unspecified atom stereocenters. The van der Waals surface area contributed by atoms with Crippen molar-refractivity contribution in [1.29, 1.82) is 0 Å². The lowest BCUT2D eigenvalue weighted by atomic mass is 9.93. The van der Waals surface area contributed by atoms with Crippen LogP contribution in [-0.2, 0) is 30.8 Å². The van der Waals surface area contributed by atoms with Crippen LogP contribution in [0.5, 0.6) is 5.75 Å². The molecule has 0 radical (unpaired) electrons. The van der Waals surface area contributed by atoms with Crippen molar-refractivity contribution in [1.82, 2.24) is 24.6 Å². The molecule has 2 aromatic carbocycles. The highest BCUT2D eigenvalue weighted by molar-refractivity contribution is 7.07. The van der Waals surface area contributed by atoms with E-state index in [1.165, 1.54) is 16.7 Å². The Morgan fingerprint density at radius 1 is 1.08 bits per heavy atom. The van der Waals surface area contributed by atoms with E-state index >= 15 is 0 Å². The second-order valence-electron chi connectivity index (χ2n) is 10.2. The second kappa shape index (κ2) is 12.2. The Morgan fingerprint density at radius 3 is 2.68 bits per heavy atom. The van der Waals surface area contributed by atoms with Gasteiger partial charge in [-0.2, -0.15) is 0 Å². The molecule has 7 nitrogen and oxygen atoms in total. The molecule has 5 rings (SSSR count). The largest absolute Gasteiger partial charge is 0.492 e. The molecular formula is C29H37N5O2S. The average molecular weight is 520 g/mol. The van der Waals surface area contributed by atoms with Gasteiger partial charge in [0.05, 0.1) is 17.2 Å².